The van der Waals surface area contributed by atoms with Gasteiger partial charge in [0.05, 0.1) is 12.6 Å². The highest BCUT2D eigenvalue weighted by molar-refractivity contribution is 5.79. The second-order valence-corrected chi connectivity index (χ2v) is 5.41. The van der Waals surface area contributed by atoms with Gasteiger partial charge in [-0.1, -0.05) is 13.8 Å². The SMILES string of the molecule is CCOC(CCNC(=NC)NCc1nncn1CC)C(C)C. The average Bonchev–Trinajstić information content (AvgIpc) is 2.96. The lowest BCUT2D eigenvalue weighted by molar-refractivity contribution is 0.0258. The number of hydrogen-bond acceptors (Lipinski definition) is 4. The molecule has 0 aromatic carbocycles. The molecule has 0 fully saturated rings. The minimum absolute atomic E-state index is 0.277. The summed E-state index contributed by atoms with van der Waals surface area (Å²) < 4.78 is 7.75. The van der Waals surface area contributed by atoms with E-state index in [1.54, 1.807) is 13.4 Å². The summed E-state index contributed by atoms with van der Waals surface area (Å²) in [6.07, 6.45) is 2.97. The number of aromatic nitrogens is 3. The van der Waals surface area contributed by atoms with Gasteiger partial charge in [0, 0.05) is 26.7 Å². The van der Waals surface area contributed by atoms with E-state index in [-0.39, 0.29) is 6.10 Å². The van der Waals surface area contributed by atoms with Gasteiger partial charge in [-0.05, 0) is 26.2 Å². The van der Waals surface area contributed by atoms with Gasteiger partial charge < -0.3 is 19.9 Å². The quantitative estimate of drug-likeness (QED) is 0.533. The lowest BCUT2D eigenvalue weighted by atomic mass is 10.0. The number of rotatable bonds is 9. The molecule has 0 spiro atoms. The maximum absolute atomic E-state index is 5.75. The third kappa shape index (κ3) is 6.01. The average molecular weight is 310 g/mol. The van der Waals surface area contributed by atoms with Crippen LogP contribution in [0.15, 0.2) is 11.3 Å². The van der Waals surface area contributed by atoms with Gasteiger partial charge in [-0.2, -0.15) is 0 Å². The zero-order valence-electron chi connectivity index (χ0n) is 14.5. The number of nitrogens with zero attached hydrogens (tertiary/aromatic N) is 4. The van der Waals surface area contributed by atoms with Gasteiger partial charge in [0.1, 0.15) is 6.33 Å². The van der Waals surface area contributed by atoms with E-state index < -0.39 is 0 Å². The van der Waals surface area contributed by atoms with Gasteiger partial charge in [0.15, 0.2) is 11.8 Å². The van der Waals surface area contributed by atoms with Crippen molar-refractivity contribution in [2.45, 2.75) is 53.3 Å². The largest absolute Gasteiger partial charge is 0.378 e. The highest BCUT2D eigenvalue weighted by Crippen LogP contribution is 2.09. The van der Waals surface area contributed by atoms with Gasteiger partial charge in [-0.3, -0.25) is 4.99 Å². The lowest BCUT2D eigenvalue weighted by Gasteiger charge is -2.21. The maximum atomic E-state index is 5.75. The van der Waals surface area contributed by atoms with Crippen molar-refractivity contribution in [3.63, 3.8) is 0 Å². The van der Waals surface area contributed by atoms with Crippen LogP contribution in [0.1, 0.15) is 39.9 Å². The predicted octanol–water partition coefficient (Wildman–Crippen LogP) is 1.41. The smallest absolute Gasteiger partial charge is 0.191 e. The van der Waals surface area contributed by atoms with E-state index in [1.165, 1.54) is 0 Å². The number of aryl methyl sites for hydroxylation is 1. The molecule has 0 aliphatic heterocycles. The van der Waals surface area contributed by atoms with Crippen molar-refractivity contribution in [2.24, 2.45) is 10.9 Å². The Morgan fingerprint density at radius 1 is 1.36 bits per heavy atom. The number of ether oxygens (including phenoxy) is 1. The van der Waals surface area contributed by atoms with Crippen LogP contribution in [0, 0.1) is 5.92 Å². The van der Waals surface area contributed by atoms with Crippen LogP contribution in [0.5, 0.6) is 0 Å². The summed E-state index contributed by atoms with van der Waals surface area (Å²) in [5, 5.41) is 14.6. The molecule has 1 heterocycles. The normalized spacial score (nSPS) is 13.5. The van der Waals surface area contributed by atoms with Gasteiger partial charge in [-0.25, -0.2) is 0 Å². The van der Waals surface area contributed by atoms with Crippen LogP contribution in [0.4, 0.5) is 0 Å². The van der Waals surface area contributed by atoms with Crippen molar-refractivity contribution in [1.29, 1.82) is 0 Å². The fourth-order valence-electron chi connectivity index (χ4n) is 2.22. The molecule has 0 aliphatic carbocycles. The third-order valence-corrected chi connectivity index (χ3v) is 3.52. The second kappa shape index (κ2) is 10.2. The number of hydrogen-bond donors (Lipinski definition) is 2. The lowest BCUT2D eigenvalue weighted by Crippen LogP contribution is -2.39. The predicted molar refractivity (Wildman–Crippen MR) is 88.8 cm³/mol. The minimum Gasteiger partial charge on any atom is -0.378 e. The summed E-state index contributed by atoms with van der Waals surface area (Å²) >= 11 is 0. The number of guanidine groups is 1. The first-order chi connectivity index (χ1) is 10.6. The van der Waals surface area contributed by atoms with Crippen LogP contribution >= 0.6 is 0 Å². The molecule has 2 N–H and O–H groups in total. The first-order valence-electron chi connectivity index (χ1n) is 8.05. The van der Waals surface area contributed by atoms with Crippen molar-refractivity contribution in [3.8, 4) is 0 Å². The monoisotopic (exact) mass is 310 g/mol. The number of aliphatic imine (C=N–C) groups is 1. The Balaban J connectivity index is 2.36. The van der Waals surface area contributed by atoms with Crippen LogP contribution in [-0.4, -0.2) is 47.0 Å². The zero-order chi connectivity index (χ0) is 16.4. The van der Waals surface area contributed by atoms with E-state index in [0.29, 0.717) is 12.5 Å². The first kappa shape index (κ1) is 18.4. The van der Waals surface area contributed by atoms with Crippen molar-refractivity contribution in [1.82, 2.24) is 25.4 Å². The standard InChI is InChI=1S/C15H30N6O/c1-6-21-11-19-20-14(21)10-18-15(16-5)17-9-8-13(12(3)4)22-7-2/h11-13H,6-10H2,1-5H3,(H2,16,17,18). The molecular weight excluding hydrogens is 280 g/mol. The molecule has 126 valence electrons. The Morgan fingerprint density at radius 3 is 2.73 bits per heavy atom. The fourth-order valence-corrected chi connectivity index (χ4v) is 2.22. The zero-order valence-corrected chi connectivity index (χ0v) is 14.5. The van der Waals surface area contributed by atoms with E-state index in [1.807, 2.05) is 11.5 Å². The summed E-state index contributed by atoms with van der Waals surface area (Å²) in [5.41, 5.74) is 0. The molecule has 7 heteroatoms. The maximum Gasteiger partial charge on any atom is 0.191 e. The second-order valence-electron chi connectivity index (χ2n) is 5.41. The van der Waals surface area contributed by atoms with Crippen molar-refractivity contribution < 1.29 is 4.74 Å². The Hall–Kier alpha value is -1.63. The van der Waals surface area contributed by atoms with Crippen LogP contribution in [0.3, 0.4) is 0 Å². The Morgan fingerprint density at radius 2 is 2.14 bits per heavy atom. The van der Waals surface area contributed by atoms with Crippen molar-refractivity contribution in [3.05, 3.63) is 12.2 Å². The highest BCUT2D eigenvalue weighted by Gasteiger charge is 2.13. The Labute approximate surface area is 133 Å². The minimum atomic E-state index is 0.277. The summed E-state index contributed by atoms with van der Waals surface area (Å²) in [7, 11) is 1.77. The van der Waals surface area contributed by atoms with E-state index >= 15 is 0 Å². The molecule has 0 saturated heterocycles. The van der Waals surface area contributed by atoms with Gasteiger partial charge >= 0.3 is 0 Å². The summed E-state index contributed by atoms with van der Waals surface area (Å²) in [4.78, 5) is 4.23. The molecule has 0 aliphatic rings. The van der Waals surface area contributed by atoms with Crippen LogP contribution in [0.2, 0.25) is 0 Å². The van der Waals surface area contributed by atoms with Crippen molar-refractivity contribution in [2.75, 3.05) is 20.2 Å². The van der Waals surface area contributed by atoms with Crippen molar-refractivity contribution >= 4 is 5.96 Å². The third-order valence-electron chi connectivity index (χ3n) is 3.52. The van der Waals surface area contributed by atoms with Crippen LogP contribution < -0.4 is 10.6 Å². The fraction of sp³-hybridized carbons (Fsp3) is 0.800. The molecule has 1 aromatic rings. The van der Waals surface area contributed by atoms with Gasteiger partial charge in [-0.15, -0.1) is 10.2 Å². The molecule has 1 unspecified atom stereocenters. The van der Waals surface area contributed by atoms with E-state index in [2.05, 4.69) is 46.6 Å². The number of nitrogens with one attached hydrogen (secondary N) is 2. The molecular formula is C15H30N6O. The Bertz CT molecular complexity index is 443. The molecule has 1 atom stereocenters. The van der Waals surface area contributed by atoms with E-state index in [9.17, 15) is 0 Å². The summed E-state index contributed by atoms with van der Waals surface area (Å²) in [6, 6.07) is 0. The summed E-state index contributed by atoms with van der Waals surface area (Å²) in [6.45, 7) is 11.5. The highest BCUT2D eigenvalue weighted by atomic mass is 16.5. The molecule has 0 amide bonds. The first-order valence-corrected chi connectivity index (χ1v) is 8.05. The molecule has 0 radical (unpaired) electrons. The molecule has 0 bridgehead atoms. The van der Waals surface area contributed by atoms with Crippen LogP contribution in [-0.2, 0) is 17.8 Å². The van der Waals surface area contributed by atoms with Gasteiger partial charge in [0.2, 0.25) is 0 Å². The van der Waals surface area contributed by atoms with Gasteiger partial charge in [0.25, 0.3) is 0 Å². The molecule has 1 rings (SSSR count). The molecule has 0 saturated carbocycles. The van der Waals surface area contributed by atoms with Crippen LogP contribution in [0.25, 0.3) is 0 Å². The molecule has 7 nitrogen and oxygen atoms in total. The van der Waals surface area contributed by atoms with E-state index in [0.717, 1.165) is 37.9 Å². The topological polar surface area (TPSA) is 76.4 Å². The van der Waals surface area contributed by atoms with E-state index in [4.69, 9.17) is 4.74 Å². The molecule has 1 aromatic heterocycles. The Kier molecular flexibility index (Phi) is 8.50. The molecule has 22 heavy (non-hydrogen) atoms. The summed E-state index contributed by atoms with van der Waals surface area (Å²) in [5.74, 6) is 2.18.